The van der Waals surface area contributed by atoms with E-state index in [-0.39, 0.29) is 11.3 Å². The van der Waals surface area contributed by atoms with Crippen molar-refractivity contribution < 1.29 is 15.0 Å². The van der Waals surface area contributed by atoms with Crippen molar-refractivity contribution in [2.45, 2.75) is 26.2 Å². The van der Waals surface area contributed by atoms with Crippen molar-refractivity contribution >= 4 is 5.78 Å². The van der Waals surface area contributed by atoms with Crippen LogP contribution in [0.4, 0.5) is 0 Å². The minimum absolute atomic E-state index is 0. The number of hydrogen-bond acceptors (Lipinski definition) is 2. The van der Waals surface area contributed by atoms with Crippen molar-refractivity contribution in [2.75, 3.05) is 13.2 Å². The summed E-state index contributed by atoms with van der Waals surface area (Å²) in [5, 5.41) is 0. The van der Waals surface area contributed by atoms with Gasteiger partial charge in [-0.2, -0.15) is 0 Å². The van der Waals surface area contributed by atoms with Crippen LogP contribution in [-0.4, -0.2) is 24.5 Å². The molecule has 90 valence electrons. The van der Waals surface area contributed by atoms with Gasteiger partial charge in [-0.1, -0.05) is 30.3 Å². The van der Waals surface area contributed by atoms with Gasteiger partial charge in [0.25, 0.3) is 0 Å². The summed E-state index contributed by atoms with van der Waals surface area (Å²) in [7, 11) is 0. The molecule has 1 saturated heterocycles. The molecule has 1 fully saturated rings. The average molecular weight is 224 g/mol. The minimum Gasteiger partial charge on any atom is -0.412 e. The van der Waals surface area contributed by atoms with E-state index in [2.05, 4.69) is 0 Å². The fourth-order valence-corrected chi connectivity index (χ4v) is 1.36. The molecule has 0 saturated carbocycles. The second-order valence-electron chi connectivity index (χ2n) is 3.60. The largest absolute Gasteiger partial charge is 0.412 e. The summed E-state index contributed by atoms with van der Waals surface area (Å²) in [6.45, 7) is 3.56. The molecular formula is C13H20O3. The molecule has 3 heteroatoms. The average Bonchev–Trinajstić information content (AvgIpc) is 2.33. The third-order valence-corrected chi connectivity index (χ3v) is 2.26. The third kappa shape index (κ3) is 6.32. The lowest BCUT2D eigenvalue weighted by atomic mass is 10.2. The van der Waals surface area contributed by atoms with Crippen molar-refractivity contribution in [1.82, 2.24) is 0 Å². The molecule has 0 atom stereocenters. The number of rotatable bonds is 1. The summed E-state index contributed by atoms with van der Waals surface area (Å²) in [6.07, 6.45) is 3.93. The number of ether oxygens (including phenoxy) is 1. The Hall–Kier alpha value is -1.19. The molecule has 1 aliphatic heterocycles. The smallest absolute Gasteiger partial charge is 0.159 e. The van der Waals surface area contributed by atoms with E-state index in [1.807, 2.05) is 30.3 Å². The second-order valence-corrected chi connectivity index (χ2v) is 3.60. The zero-order chi connectivity index (χ0) is 10.9. The Balaban J connectivity index is 0.000000283. The summed E-state index contributed by atoms with van der Waals surface area (Å²) in [5.74, 6) is 0.121. The number of hydrogen-bond donors (Lipinski definition) is 0. The van der Waals surface area contributed by atoms with E-state index < -0.39 is 0 Å². The molecule has 0 unspecified atom stereocenters. The van der Waals surface area contributed by atoms with Gasteiger partial charge in [0.15, 0.2) is 5.78 Å². The van der Waals surface area contributed by atoms with Crippen LogP contribution in [0.5, 0.6) is 0 Å². The fraction of sp³-hybridized carbons (Fsp3) is 0.462. The number of carbonyl (C=O) groups is 1. The van der Waals surface area contributed by atoms with E-state index >= 15 is 0 Å². The van der Waals surface area contributed by atoms with E-state index in [1.165, 1.54) is 19.3 Å². The Morgan fingerprint density at radius 3 is 1.88 bits per heavy atom. The van der Waals surface area contributed by atoms with Gasteiger partial charge in [0.05, 0.1) is 0 Å². The van der Waals surface area contributed by atoms with Gasteiger partial charge in [0.2, 0.25) is 0 Å². The van der Waals surface area contributed by atoms with Crippen LogP contribution in [0.15, 0.2) is 30.3 Å². The van der Waals surface area contributed by atoms with Crippen molar-refractivity contribution in [2.24, 2.45) is 0 Å². The number of carbonyl (C=O) groups excluding carboxylic acids is 1. The van der Waals surface area contributed by atoms with Gasteiger partial charge < -0.3 is 10.2 Å². The first kappa shape index (κ1) is 14.8. The van der Waals surface area contributed by atoms with Crippen LogP contribution in [-0.2, 0) is 4.74 Å². The molecule has 2 rings (SSSR count). The fourth-order valence-electron chi connectivity index (χ4n) is 1.36. The van der Waals surface area contributed by atoms with Crippen LogP contribution in [0.25, 0.3) is 0 Å². The van der Waals surface area contributed by atoms with E-state index in [4.69, 9.17) is 4.74 Å². The summed E-state index contributed by atoms with van der Waals surface area (Å²) < 4.78 is 5.07. The molecule has 1 aliphatic rings. The van der Waals surface area contributed by atoms with Crippen molar-refractivity contribution in [1.29, 1.82) is 0 Å². The van der Waals surface area contributed by atoms with Crippen LogP contribution in [0, 0.1) is 0 Å². The molecule has 0 amide bonds. The summed E-state index contributed by atoms with van der Waals surface area (Å²) >= 11 is 0. The first-order chi connectivity index (χ1) is 7.30. The highest BCUT2D eigenvalue weighted by Gasteiger charge is 1.95. The molecule has 16 heavy (non-hydrogen) atoms. The van der Waals surface area contributed by atoms with Gasteiger partial charge >= 0.3 is 0 Å². The van der Waals surface area contributed by atoms with Gasteiger partial charge in [-0.3, -0.25) is 4.79 Å². The highest BCUT2D eigenvalue weighted by molar-refractivity contribution is 5.93. The Labute approximate surface area is 96.7 Å². The monoisotopic (exact) mass is 224 g/mol. The third-order valence-electron chi connectivity index (χ3n) is 2.26. The van der Waals surface area contributed by atoms with Crippen molar-refractivity contribution in [3.63, 3.8) is 0 Å². The molecule has 3 nitrogen and oxygen atoms in total. The zero-order valence-corrected chi connectivity index (χ0v) is 9.74. The molecule has 1 heterocycles. The second kappa shape index (κ2) is 9.07. The minimum atomic E-state index is 0. The number of benzene rings is 1. The lowest BCUT2D eigenvalue weighted by molar-refractivity contribution is 0.0968. The van der Waals surface area contributed by atoms with E-state index in [9.17, 15) is 4.79 Å². The van der Waals surface area contributed by atoms with Gasteiger partial charge in [-0.05, 0) is 26.2 Å². The van der Waals surface area contributed by atoms with Crippen LogP contribution in [0.1, 0.15) is 36.5 Å². The summed E-state index contributed by atoms with van der Waals surface area (Å²) in [6, 6.07) is 9.23. The molecule has 2 N–H and O–H groups in total. The standard InChI is InChI=1S/C8H8O.C5H10O.H2O/c1-7(9)8-5-3-2-4-6-8;1-2-4-6-5-3-1;/h2-6H,1H3;1-5H2;1H2. The van der Waals surface area contributed by atoms with Gasteiger partial charge in [-0.25, -0.2) is 0 Å². The molecule has 0 spiro atoms. The lowest BCUT2D eigenvalue weighted by Gasteiger charge is -2.08. The van der Waals surface area contributed by atoms with Crippen molar-refractivity contribution in [3.8, 4) is 0 Å². The van der Waals surface area contributed by atoms with E-state index in [0.717, 1.165) is 18.8 Å². The summed E-state index contributed by atoms with van der Waals surface area (Å²) in [5.41, 5.74) is 0.775. The van der Waals surface area contributed by atoms with Crippen LogP contribution >= 0.6 is 0 Å². The van der Waals surface area contributed by atoms with Gasteiger partial charge in [0.1, 0.15) is 0 Å². The highest BCUT2D eigenvalue weighted by Crippen LogP contribution is 2.02. The molecule has 0 aromatic heterocycles. The molecule has 0 radical (unpaired) electrons. The van der Waals surface area contributed by atoms with E-state index in [0.29, 0.717) is 0 Å². The normalized spacial score (nSPS) is 14.1. The molecular weight excluding hydrogens is 204 g/mol. The first-order valence-electron chi connectivity index (χ1n) is 5.44. The van der Waals surface area contributed by atoms with Gasteiger partial charge in [0, 0.05) is 18.8 Å². The Kier molecular flexibility index (Phi) is 8.39. The van der Waals surface area contributed by atoms with Crippen LogP contribution in [0.3, 0.4) is 0 Å². The van der Waals surface area contributed by atoms with Gasteiger partial charge in [-0.15, -0.1) is 0 Å². The Bertz CT molecular complexity index is 267. The topological polar surface area (TPSA) is 57.8 Å². The van der Waals surface area contributed by atoms with Crippen molar-refractivity contribution in [3.05, 3.63) is 35.9 Å². The Morgan fingerprint density at radius 2 is 1.62 bits per heavy atom. The SMILES string of the molecule is C1CCOCC1.CC(=O)c1ccccc1.O. The predicted molar refractivity (Wildman–Crippen MR) is 64.7 cm³/mol. The molecule has 0 aliphatic carbocycles. The summed E-state index contributed by atoms with van der Waals surface area (Å²) in [4.78, 5) is 10.6. The number of ketones is 1. The maximum atomic E-state index is 10.6. The molecule has 1 aromatic carbocycles. The number of Topliss-reactive ketones (excluding diaryl/α,β-unsaturated/α-hetero) is 1. The molecule has 1 aromatic rings. The maximum absolute atomic E-state index is 10.6. The first-order valence-corrected chi connectivity index (χ1v) is 5.44. The quantitative estimate of drug-likeness (QED) is 0.687. The lowest BCUT2D eigenvalue weighted by Crippen LogP contribution is -2.03. The highest BCUT2D eigenvalue weighted by atomic mass is 16.5. The Morgan fingerprint density at radius 1 is 1.06 bits per heavy atom. The van der Waals surface area contributed by atoms with Crippen LogP contribution < -0.4 is 0 Å². The zero-order valence-electron chi connectivity index (χ0n) is 9.74. The predicted octanol–water partition coefficient (Wildman–Crippen LogP) is 2.25. The van der Waals surface area contributed by atoms with Crippen LogP contribution in [0.2, 0.25) is 0 Å². The maximum Gasteiger partial charge on any atom is 0.159 e. The molecule has 0 bridgehead atoms. The van der Waals surface area contributed by atoms with E-state index in [1.54, 1.807) is 6.92 Å².